The molecule has 1 atom stereocenters. The molecule has 3 heterocycles. The minimum Gasteiger partial charge on any atom is -0.493 e. The van der Waals surface area contributed by atoms with Crippen molar-refractivity contribution in [2.24, 2.45) is 5.92 Å². The average Bonchev–Trinajstić information content (AvgIpc) is 2.94. The highest BCUT2D eigenvalue weighted by atomic mass is 16.5. The van der Waals surface area contributed by atoms with Crippen molar-refractivity contribution in [3.05, 3.63) is 24.2 Å². The number of fused-ring (bicyclic) bond motifs is 1. The lowest BCUT2D eigenvalue weighted by Gasteiger charge is -2.07. The Kier molecular flexibility index (Phi) is 2.91. The number of rotatable bonds is 3. The first-order valence-corrected chi connectivity index (χ1v) is 6.33. The molecule has 1 unspecified atom stereocenters. The molecule has 0 saturated carbocycles. The Hall–Kier alpha value is -1.62. The van der Waals surface area contributed by atoms with Gasteiger partial charge in [0.2, 0.25) is 0 Å². The summed E-state index contributed by atoms with van der Waals surface area (Å²) in [5.41, 5.74) is 0.807. The fourth-order valence-electron chi connectivity index (χ4n) is 2.62. The summed E-state index contributed by atoms with van der Waals surface area (Å²) in [5.74, 6) is 2.37. The van der Waals surface area contributed by atoms with Gasteiger partial charge < -0.3 is 9.64 Å². The summed E-state index contributed by atoms with van der Waals surface area (Å²) in [6.07, 6.45) is 4.10. The van der Waals surface area contributed by atoms with Gasteiger partial charge in [0.1, 0.15) is 0 Å². The Morgan fingerprint density at radius 3 is 3.11 bits per heavy atom. The van der Waals surface area contributed by atoms with Gasteiger partial charge in [-0.15, -0.1) is 0 Å². The van der Waals surface area contributed by atoms with Crippen molar-refractivity contribution in [1.82, 2.24) is 19.5 Å². The molecule has 0 N–H and O–H groups in total. The van der Waals surface area contributed by atoms with Gasteiger partial charge >= 0.3 is 0 Å². The third kappa shape index (κ3) is 2.06. The Balaban J connectivity index is 1.85. The SMILES string of the molecule is COc1cccn2nc(CC3CCN(C)C3)nc12. The molecule has 1 aliphatic rings. The third-order valence-electron chi connectivity index (χ3n) is 3.55. The van der Waals surface area contributed by atoms with Crippen molar-refractivity contribution in [2.75, 3.05) is 27.2 Å². The molecule has 0 spiro atoms. The van der Waals surface area contributed by atoms with E-state index in [1.165, 1.54) is 13.0 Å². The number of nitrogens with zero attached hydrogens (tertiary/aromatic N) is 4. The Labute approximate surface area is 106 Å². The number of hydrogen-bond acceptors (Lipinski definition) is 4. The van der Waals surface area contributed by atoms with Gasteiger partial charge in [-0.2, -0.15) is 5.10 Å². The molecule has 0 radical (unpaired) electrons. The third-order valence-corrected chi connectivity index (χ3v) is 3.55. The summed E-state index contributed by atoms with van der Waals surface area (Å²) in [4.78, 5) is 6.94. The molecule has 0 bridgehead atoms. The van der Waals surface area contributed by atoms with Crippen molar-refractivity contribution in [3.8, 4) is 5.75 Å². The van der Waals surface area contributed by atoms with Crippen LogP contribution < -0.4 is 4.74 Å². The lowest BCUT2D eigenvalue weighted by atomic mass is 10.1. The standard InChI is InChI=1S/C13H18N4O/c1-16-7-5-10(9-16)8-12-14-13-11(18-2)4-3-6-17(13)15-12/h3-4,6,10H,5,7-9H2,1-2H3. The molecular weight excluding hydrogens is 228 g/mol. The van der Waals surface area contributed by atoms with E-state index in [2.05, 4.69) is 22.0 Å². The lowest BCUT2D eigenvalue weighted by Crippen LogP contribution is -2.15. The predicted molar refractivity (Wildman–Crippen MR) is 68.8 cm³/mol. The van der Waals surface area contributed by atoms with Crippen molar-refractivity contribution in [2.45, 2.75) is 12.8 Å². The van der Waals surface area contributed by atoms with Crippen molar-refractivity contribution < 1.29 is 4.74 Å². The zero-order chi connectivity index (χ0) is 12.5. The van der Waals surface area contributed by atoms with Crippen LogP contribution in [0.25, 0.3) is 5.65 Å². The second-order valence-electron chi connectivity index (χ2n) is 4.99. The fourth-order valence-corrected chi connectivity index (χ4v) is 2.62. The quantitative estimate of drug-likeness (QED) is 0.817. The summed E-state index contributed by atoms with van der Waals surface area (Å²) in [6.45, 7) is 2.33. The molecule has 1 saturated heterocycles. The highest BCUT2D eigenvalue weighted by molar-refractivity contribution is 5.52. The summed E-state index contributed by atoms with van der Waals surface area (Å²) >= 11 is 0. The molecule has 0 aromatic carbocycles. The molecule has 3 rings (SSSR count). The van der Waals surface area contributed by atoms with Crippen LogP contribution in [0.2, 0.25) is 0 Å². The van der Waals surface area contributed by atoms with Crippen LogP contribution in [0, 0.1) is 5.92 Å². The van der Waals surface area contributed by atoms with Crippen LogP contribution >= 0.6 is 0 Å². The van der Waals surface area contributed by atoms with Crippen LogP contribution in [-0.4, -0.2) is 46.7 Å². The molecule has 0 aliphatic carbocycles. The van der Waals surface area contributed by atoms with E-state index in [1.807, 2.05) is 18.3 Å². The number of aromatic nitrogens is 3. The minimum absolute atomic E-state index is 0.679. The van der Waals surface area contributed by atoms with Crippen LogP contribution in [0.15, 0.2) is 18.3 Å². The molecule has 5 heteroatoms. The molecule has 2 aromatic heterocycles. The van der Waals surface area contributed by atoms with Crippen molar-refractivity contribution in [1.29, 1.82) is 0 Å². The van der Waals surface area contributed by atoms with Crippen molar-refractivity contribution in [3.63, 3.8) is 0 Å². The molecule has 96 valence electrons. The Morgan fingerprint density at radius 1 is 1.50 bits per heavy atom. The van der Waals surface area contributed by atoms with Gasteiger partial charge in [-0.3, -0.25) is 0 Å². The minimum atomic E-state index is 0.679. The molecule has 1 aliphatic heterocycles. The van der Waals surface area contributed by atoms with E-state index in [9.17, 15) is 0 Å². The number of hydrogen-bond donors (Lipinski definition) is 0. The molecule has 2 aromatic rings. The van der Waals surface area contributed by atoms with Gasteiger partial charge in [0.05, 0.1) is 7.11 Å². The predicted octanol–water partition coefficient (Wildman–Crippen LogP) is 1.23. The van der Waals surface area contributed by atoms with E-state index >= 15 is 0 Å². The summed E-state index contributed by atoms with van der Waals surface area (Å²) in [6, 6.07) is 3.84. The van der Waals surface area contributed by atoms with Gasteiger partial charge in [0, 0.05) is 19.2 Å². The monoisotopic (exact) mass is 246 g/mol. The smallest absolute Gasteiger partial charge is 0.198 e. The van der Waals surface area contributed by atoms with Gasteiger partial charge in [-0.05, 0) is 38.1 Å². The summed E-state index contributed by atoms with van der Waals surface area (Å²) < 4.78 is 7.09. The first kappa shape index (κ1) is 11.5. The van der Waals surface area contributed by atoms with Crippen LogP contribution in [0.1, 0.15) is 12.2 Å². The molecule has 18 heavy (non-hydrogen) atoms. The normalized spacial score (nSPS) is 20.7. The molecule has 0 amide bonds. The zero-order valence-corrected chi connectivity index (χ0v) is 10.8. The van der Waals surface area contributed by atoms with Gasteiger partial charge in [-0.1, -0.05) is 0 Å². The maximum absolute atomic E-state index is 5.30. The topological polar surface area (TPSA) is 42.7 Å². The van der Waals surface area contributed by atoms with E-state index in [4.69, 9.17) is 4.74 Å². The number of pyridine rings is 1. The maximum atomic E-state index is 5.30. The Bertz CT molecular complexity index is 551. The number of likely N-dealkylation sites (tertiary alicyclic amines) is 1. The van der Waals surface area contributed by atoms with E-state index in [0.717, 1.165) is 30.2 Å². The lowest BCUT2D eigenvalue weighted by molar-refractivity contribution is 0.392. The second kappa shape index (κ2) is 4.57. The summed E-state index contributed by atoms with van der Waals surface area (Å²) in [7, 11) is 3.83. The number of methoxy groups -OCH3 is 1. The van der Waals surface area contributed by atoms with E-state index in [0.29, 0.717) is 5.92 Å². The van der Waals surface area contributed by atoms with Crippen LogP contribution in [-0.2, 0) is 6.42 Å². The zero-order valence-electron chi connectivity index (χ0n) is 10.8. The second-order valence-corrected chi connectivity index (χ2v) is 4.99. The van der Waals surface area contributed by atoms with Crippen LogP contribution in [0.5, 0.6) is 5.75 Å². The van der Waals surface area contributed by atoms with Gasteiger partial charge in [0.15, 0.2) is 17.2 Å². The van der Waals surface area contributed by atoms with Gasteiger partial charge in [-0.25, -0.2) is 9.50 Å². The molecule has 5 nitrogen and oxygen atoms in total. The molecule has 1 fully saturated rings. The van der Waals surface area contributed by atoms with Gasteiger partial charge in [0.25, 0.3) is 0 Å². The van der Waals surface area contributed by atoms with E-state index < -0.39 is 0 Å². The largest absolute Gasteiger partial charge is 0.493 e. The average molecular weight is 246 g/mol. The summed E-state index contributed by atoms with van der Waals surface area (Å²) in [5, 5.41) is 4.52. The fraction of sp³-hybridized carbons (Fsp3) is 0.538. The maximum Gasteiger partial charge on any atom is 0.198 e. The first-order valence-electron chi connectivity index (χ1n) is 6.33. The van der Waals surface area contributed by atoms with Crippen molar-refractivity contribution >= 4 is 5.65 Å². The first-order chi connectivity index (χ1) is 8.76. The van der Waals surface area contributed by atoms with E-state index in [-0.39, 0.29) is 0 Å². The highest BCUT2D eigenvalue weighted by Gasteiger charge is 2.21. The Morgan fingerprint density at radius 2 is 2.39 bits per heavy atom. The number of ether oxygens (including phenoxy) is 1. The van der Waals surface area contributed by atoms with Crippen LogP contribution in [0.3, 0.4) is 0 Å². The van der Waals surface area contributed by atoms with Crippen LogP contribution in [0.4, 0.5) is 0 Å². The highest BCUT2D eigenvalue weighted by Crippen LogP contribution is 2.21. The van der Waals surface area contributed by atoms with E-state index in [1.54, 1.807) is 11.6 Å². The molecular formula is C13H18N4O.